The summed E-state index contributed by atoms with van der Waals surface area (Å²) in [6.07, 6.45) is 1.56. The molecule has 0 aliphatic heterocycles. The van der Waals surface area contributed by atoms with Crippen LogP contribution in [0.4, 0.5) is 0 Å². The molecule has 1 aliphatic carbocycles. The van der Waals surface area contributed by atoms with Crippen LogP contribution in [-0.2, 0) is 22.6 Å². The van der Waals surface area contributed by atoms with E-state index in [4.69, 9.17) is 0 Å². The van der Waals surface area contributed by atoms with Crippen molar-refractivity contribution in [1.82, 2.24) is 0 Å². The molecular formula is C16H12O6. The Bertz CT molecular complexity index is 765. The summed E-state index contributed by atoms with van der Waals surface area (Å²) in [4.78, 5) is 32.4. The number of hydrogen-bond donors (Lipinski definition) is 2. The maximum absolute atomic E-state index is 11.9. The van der Waals surface area contributed by atoms with Crippen LogP contribution in [0.3, 0.4) is 0 Å². The second-order valence-electron chi connectivity index (χ2n) is 4.86. The first-order valence-electron chi connectivity index (χ1n) is 6.63. The van der Waals surface area contributed by atoms with Gasteiger partial charge in [-0.05, 0) is 42.2 Å². The molecule has 0 saturated carbocycles. The minimum Gasteiger partial charge on any atom is -0.507 e. The maximum atomic E-state index is 11.9. The Morgan fingerprint density at radius 1 is 0.864 bits per heavy atom. The summed E-state index contributed by atoms with van der Waals surface area (Å²) in [6, 6.07) is 8.84. The molecule has 2 aromatic carbocycles. The van der Waals surface area contributed by atoms with Crippen LogP contribution < -0.4 is 0 Å². The van der Waals surface area contributed by atoms with Crippen molar-refractivity contribution < 1.29 is 29.6 Å². The van der Waals surface area contributed by atoms with Crippen molar-refractivity contribution in [3.05, 3.63) is 58.7 Å². The molecule has 6 nitrogen and oxygen atoms in total. The second kappa shape index (κ2) is 5.40. The normalized spacial score (nSPS) is 12.0. The standard InChI is InChI=1S/C16H12O6/c17-13-4-2-1-3-11(13)15(19)21-22-16(20)12-8-6-9-5-7-10(9)14(12)18/h1-4,6,8,17-18H,5,7H2. The smallest absolute Gasteiger partial charge is 0.390 e. The molecule has 0 heterocycles. The zero-order valence-corrected chi connectivity index (χ0v) is 11.4. The predicted octanol–water partition coefficient (Wildman–Crippen LogP) is 2.13. The summed E-state index contributed by atoms with van der Waals surface area (Å²) in [6.45, 7) is 0. The maximum Gasteiger partial charge on any atom is 0.390 e. The van der Waals surface area contributed by atoms with Crippen molar-refractivity contribution in [2.24, 2.45) is 0 Å². The summed E-state index contributed by atoms with van der Waals surface area (Å²) in [7, 11) is 0. The Kier molecular flexibility index (Phi) is 3.42. The van der Waals surface area contributed by atoms with Crippen LogP contribution in [-0.4, -0.2) is 22.2 Å². The second-order valence-corrected chi connectivity index (χ2v) is 4.86. The van der Waals surface area contributed by atoms with Gasteiger partial charge in [0.05, 0.1) is 0 Å². The molecule has 0 aromatic heterocycles. The van der Waals surface area contributed by atoms with E-state index < -0.39 is 11.9 Å². The Balaban J connectivity index is 1.69. The van der Waals surface area contributed by atoms with Crippen LogP contribution >= 0.6 is 0 Å². The van der Waals surface area contributed by atoms with E-state index in [1.807, 2.05) is 0 Å². The summed E-state index contributed by atoms with van der Waals surface area (Å²) >= 11 is 0. The number of benzene rings is 2. The van der Waals surface area contributed by atoms with E-state index in [0.29, 0.717) is 12.0 Å². The predicted molar refractivity (Wildman–Crippen MR) is 74.5 cm³/mol. The number of phenolic OH excluding ortho intramolecular Hbond substituents is 2. The lowest BCUT2D eigenvalue weighted by molar-refractivity contribution is -0.187. The molecule has 0 radical (unpaired) electrons. The van der Waals surface area contributed by atoms with Gasteiger partial charge in [-0.25, -0.2) is 19.4 Å². The van der Waals surface area contributed by atoms with Crippen molar-refractivity contribution in [1.29, 1.82) is 0 Å². The summed E-state index contributed by atoms with van der Waals surface area (Å²) in [5.41, 5.74) is 1.50. The van der Waals surface area contributed by atoms with Crippen molar-refractivity contribution in [2.45, 2.75) is 12.8 Å². The third kappa shape index (κ3) is 2.35. The number of aromatic hydroxyl groups is 2. The van der Waals surface area contributed by atoms with Gasteiger partial charge >= 0.3 is 11.9 Å². The topological polar surface area (TPSA) is 93.1 Å². The monoisotopic (exact) mass is 300 g/mol. The molecule has 0 spiro atoms. The summed E-state index contributed by atoms with van der Waals surface area (Å²) < 4.78 is 0. The van der Waals surface area contributed by atoms with Gasteiger partial charge in [0.15, 0.2) is 0 Å². The number of rotatable bonds is 2. The summed E-state index contributed by atoms with van der Waals surface area (Å²) in [5, 5.41) is 19.4. The van der Waals surface area contributed by atoms with Gasteiger partial charge < -0.3 is 10.2 Å². The van der Waals surface area contributed by atoms with Gasteiger partial charge in [-0.3, -0.25) is 0 Å². The van der Waals surface area contributed by atoms with E-state index in [1.54, 1.807) is 6.07 Å². The molecular weight excluding hydrogens is 288 g/mol. The fraction of sp³-hybridized carbons (Fsp3) is 0.125. The zero-order chi connectivity index (χ0) is 15.7. The lowest BCUT2D eigenvalue weighted by atomic mass is 9.86. The molecule has 0 atom stereocenters. The number of hydrogen-bond acceptors (Lipinski definition) is 6. The van der Waals surface area contributed by atoms with Crippen LogP contribution in [0.15, 0.2) is 36.4 Å². The molecule has 6 heteroatoms. The number of aryl methyl sites for hydroxylation is 1. The highest BCUT2D eigenvalue weighted by atomic mass is 17.2. The van der Waals surface area contributed by atoms with Gasteiger partial charge in [0.2, 0.25) is 0 Å². The fourth-order valence-corrected chi connectivity index (χ4v) is 2.25. The van der Waals surface area contributed by atoms with Gasteiger partial charge in [-0.1, -0.05) is 18.2 Å². The number of para-hydroxylation sites is 1. The third-order valence-corrected chi connectivity index (χ3v) is 3.56. The Hall–Kier alpha value is -3.02. The highest BCUT2D eigenvalue weighted by Gasteiger charge is 2.25. The molecule has 0 fully saturated rings. The molecule has 1 aliphatic rings. The van der Waals surface area contributed by atoms with Crippen LogP contribution in [0.5, 0.6) is 11.5 Å². The largest absolute Gasteiger partial charge is 0.507 e. The van der Waals surface area contributed by atoms with E-state index in [9.17, 15) is 19.8 Å². The van der Waals surface area contributed by atoms with Crippen molar-refractivity contribution in [3.63, 3.8) is 0 Å². The van der Waals surface area contributed by atoms with Gasteiger partial charge in [0.1, 0.15) is 22.6 Å². The van der Waals surface area contributed by atoms with Gasteiger partial charge in [0.25, 0.3) is 0 Å². The molecule has 0 amide bonds. The van der Waals surface area contributed by atoms with Gasteiger partial charge in [-0.2, -0.15) is 0 Å². The van der Waals surface area contributed by atoms with Crippen molar-refractivity contribution >= 4 is 11.9 Å². The Labute approximate surface area is 125 Å². The molecule has 0 bridgehead atoms. The number of phenols is 2. The number of carbonyl (C=O) groups is 2. The van der Waals surface area contributed by atoms with Crippen LogP contribution in [0, 0.1) is 0 Å². The minimum atomic E-state index is -1.00. The fourth-order valence-electron chi connectivity index (χ4n) is 2.25. The van der Waals surface area contributed by atoms with Crippen LogP contribution in [0.2, 0.25) is 0 Å². The molecule has 0 unspecified atom stereocenters. The van der Waals surface area contributed by atoms with Gasteiger partial charge in [0, 0.05) is 0 Å². The van der Waals surface area contributed by atoms with E-state index >= 15 is 0 Å². The molecule has 112 valence electrons. The van der Waals surface area contributed by atoms with E-state index in [-0.39, 0.29) is 22.6 Å². The van der Waals surface area contributed by atoms with Gasteiger partial charge in [-0.15, -0.1) is 0 Å². The van der Waals surface area contributed by atoms with E-state index in [0.717, 1.165) is 12.0 Å². The average Bonchev–Trinajstić information content (AvgIpc) is 2.47. The SMILES string of the molecule is O=C(OOC(=O)c1ccc2c(c1O)CC2)c1ccccc1O. The first-order valence-corrected chi connectivity index (χ1v) is 6.63. The Morgan fingerprint density at radius 3 is 2.18 bits per heavy atom. The minimum absolute atomic E-state index is 0.0662. The van der Waals surface area contributed by atoms with E-state index in [1.165, 1.54) is 30.3 Å². The average molecular weight is 300 g/mol. The Morgan fingerprint density at radius 2 is 1.55 bits per heavy atom. The zero-order valence-electron chi connectivity index (χ0n) is 11.4. The molecule has 3 rings (SSSR count). The number of fused-ring (bicyclic) bond motifs is 1. The number of carbonyl (C=O) groups excluding carboxylic acids is 2. The molecule has 2 N–H and O–H groups in total. The van der Waals surface area contributed by atoms with E-state index in [2.05, 4.69) is 9.78 Å². The molecule has 22 heavy (non-hydrogen) atoms. The lowest BCUT2D eigenvalue weighted by Gasteiger charge is -2.20. The van der Waals surface area contributed by atoms with Crippen LogP contribution in [0.1, 0.15) is 31.8 Å². The molecule has 0 saturated heterocycles. The lowest BCUT2D eigenvalue weighted by Crippen LogP contribution is -2.15. The first kappa shape index (κ1) is 13.9. The highest BCUT2D eigenvalue weighted by Crippen LogP contribution is 2.34. The van der Waals surface area contributed by atoms with Crippen LogP contribution in [0.25, 0.3) is 0 Å². The van der Waals surface area contributed by atoms with Crippen molar-refractivity contribution in [3.8, 4) is 11.5 Å². The summed E-state index contributed by atoms with van der Waals surface area (Å²) in [5.74, 6) is -2.41. The third-order valence-electron chi connectivity index (χ3n) is 3.56. The highest BCUT2D eigenvalue weighted by molar-refractivity contribution is 5.95. The quantitative estimate of drug-likeness (QED) is 0.652. The first-order chi connectivity index (χ1) is 10.6. The van der Waals surface area contributed by atoms with Crippen molar-refractivity contribution in [2.75, 3.05) is 0 Å². The molecule has 2 aromatic rings.